The highest BCUT2D eigenvalue weighted by Gasteiger charge is 2.42. The number of carbonyl (C=O) groups is 1. The van der Waals surface area contributed by atoms with Crippen LogP contribution in [0.2, 0.25) is 0 Å². The van der Waals surface area contributed by atoms with Gasteiger partial charge in [-0.1, -0.05) is 37.1 Å². The van der Waals surface area contributed by atoms with Gasteiger partial charge in [-0.3, -0.25) is 9.78 Å². The van der Waals surface area contributed by atoms with Gasteiger partial charge in [-0.15, -0.1) is 0 Å². The Bertz CT molecular complexity index is 1170. The first kappa shape index (κ1) is 22.6. The van der Waals surface area contributed by atoms with Crippen molar-refractivity contribution in [2.24, 2.45) is 0 Å². The highest BCUT2D eigenvalue weighted by Crippen LogP contribution is 2.42. The van der Waals surface area contributed by atoms with Gasteiger partial charge in [0.15, 0.2) is 5.11 Å². The molecule has 1 aliphatic heterocycles. The monoisotopic (exact) mass is 473 g/mol. The summed E-state index contributed by atoms with van der Waals surface area (Å²) in [5, 5.41) is 7.05. The van der Waals surface area contributed by atoms with E-state index < -0.39 is 0 Å². The maximum absolute atomic E-state index is 13.0. The number of hydrogen-bond acceptors (Lipinski definition) is 3. The van der Waals surface area contributed by atoms with Crippen LogP contribution in [0, 0.1) is 13.8 Å². The molecule has 1 aliphatic carbocycles. The molecule has 1 saturated heterocycles. The zero-order valence-corrected chi connectivity index (χ0v) is 20.5. The van der Waals surface area contributed by atoms with Crippen LogP contribution in [0.4, 0.5) is 5.69 Å². The van der Waals surface area contributed by atoms with Crippen LogP contribution in [-0.4, -0.2) is 32.0 Å². The molecule has 1 saturated carbocycles. The molecule has 5 rings (SSSR count). The number of pyridine rings is 1. The van der Waals surface area contributed by atoms with Crippen LogP contribution in [0.3, 0.4) is 0 Å². The first-order valence-electron chi connectivity index (χ1n) is 12.0. The van der Waals surface area contributed by atoms with Crippen LogP contribution in [0.5, 0.6) is 0 Å². The van der Waals surface area contributed by atoms with E-state index in [4.69, 9.17) is 12.2 Å². The average Bonchev–Trinajstić information content (AvgIpc) is 3.54. The summed E-state index contributed by atoms with van der Waals surface area (Å²) in [6.45, 7) is 4.57. The number of benzene rings is 1. The molecular formula is C27H31N5OS. The summed E-state index contributed by atoms with van der Waals surface area (Å²) < 4.78 is 2.50. The molecule has 2 N–H and O–H groups in total. The van der Waals surface area contributed by atoms with Crippen LogP contribution in [0.15, 0.2) is 60.8 Å². The lowest BCUT2D eigenvalue weighted by atomic mass is 9.96. The molecule has 2 atom stereocenters. The Morgan fingerprint density at radius 3 is 2.56 bits per heavy atom. The predicted molar refractivity (Wildman–Crippen MR) is 139 cm³/mol. The second kappa shape index (κ2) is 9.58. The van der Waals surface area contributed by atoms with E-state index in [1.54, 1.807) is 0 Å². The largest absolute Gasteiger partial charge is 0.352 e. The number of amides is 1. The van der Waals surface area contributed by atoms with Gasteiger partial charge in [0.2, 0.25) is 5.91 Å². The van der Waals surface area contributed by atoms with Gasteiger partial charge in [-0.05, 0) is 74.8 Å². The van der Waals surface area contributed by atoms with E-state index in [1.807, 2.05) is 59.6 Å². The van der Waals surface area contributed by atoms with E-state index >= 15 is 0 Å². The number of thiocarbonyl (C=S) groups is 1. The first-order valence-corrected chi connectivity index (χ1v) is 12.4. The number of anilines is 1. The molecule has 0 bridgehead atoms. The fraction of sp³-hybridized carbons (Fsp3) is 0.370. The molecule has 176 valence electrons. The molecule has 3 aromatic rings. The van der Waals surface area contributed by atoms with Gasteiger partial charge < -0.3 is 20.1 Å². The molecule has 2 aromatic heterocycles. The Hall–Kier alpha value is -3.19. The Kier molecular flexibility index (Phi) is 6.37. The number of nitrogens with one attached hydrogen (secondary N) is 2. The highest BCUT2D eigenvalue weighted by atomic mass is 32.1. The van der Waals surface area contributed by atoms with E-state index in [1.165, 1.54) is 42.6 Å². The minimum atomic E-state index is -0.129. The Morgan fingerprint density at radius 1 is 1.12 bits per heavy atom. The van der Waals surface area contributed by atoms with E-state index in [9.17, 15) is 4.79 Å². The second-order valence-electron chi connectivity index (χ2n) is 9.30. The minimum absolute atomic E-state index is 0.0911. The topological polar surface area (TPSA) is 62.2 Å². The molecule has 1 amide bonds. The normalized spacial score (nSPS) is 20.5. The molecular weight excluding hydrogens is 442 g/mol. The lowest BCUT2D eigenvalue weighted by Crippen LogP contribution is -2.37. The number of rotatable bonds is 6. The van der Waals surface area contributed by atoms with Crippen molar-refractivity contribution in [3.63, 3.8) is 0 Å². The van der Waals surface area contributed by atoms with Crippen LogP contribution in [-0.2, 0) is 4.79 Å². The molecule has 6 nitrogen and oxygen atoms in total. The number of aryl methyl sites for hydroxylation is 1. The van der Waals surface area contributed by atoms with E-state index in [2.05, 4.69) is 40.1 Å². The van der Waals surface area contributed by atoms with E-state index in [0.29, 0.717) is 11.2 Å². The predicted octanol–water partition coefficient (Wildman–Crippen LogP) is 5.23. The van der Waals surface area contributed by atoms with Crippen molar-refractivity contribution in [3.05, 3.63) is 83.4 Å². The summed E-state index contributed by atoms with van der Waals surface area (Å²) in [6.07, 6.45) is 6.83. The highest BCUT2D eigenvalue weighted by molar-refractivity contribution is 7.80. The summed E-state index contributed by atoms with van der Waals surface area (Å²) in [4.78, 5) is 19.7. The van der Waals surface area contributed by atoms with Crippen molar-refractivity contribution in [2.75, 3.05) is 11.9 Å². The van der Waals surface area contributed by atoms with Crippen LogP contribution < -0.4 is 10.6 Å². The third-order valence-corrected chi connectivity index (χ3v) is 7.45. The number of carbonyl (C=O) groups excluding carboxylic acids is 1. The van der Waals surface area contributed by atoms with Crippen LogP contribution in [0.1, 0.15) is 66.5 Å². The fourth-order valence-electron chi connectivity index (χ4n) is 5.62. The van der Waals surface area contributed by atoms with Gasteiger partial charge in [0.1, 0.15) is 6.54 Å². The van der Waals surface area contributed by atoms with Crippen molar-refractivity contribution in [1.82, 2.24) is 19.8 Å². The quantitative estimate of drug-likeness (QED) is 0.480. The molecule has 2 fully saturated rings. The maximum atomic E-state index is 13.0. The second-order valence-corrected chi connectivity index (χ2v) is 9.69. The molecule has 1 aromatic carbocycles. The SMILES string of the molecule is Cc1cc([C@H]2[C@H](c3ccccn3)NC(=S)N2CC(=O)Nc2ccccc2)c(C)n1C1CCCC1. The molecule has 7 heteroatoms. The van der Waals surface area contributed by atoms with Gasteiger partial charge in [0, 0.05) is 29.3 Å². The zero-order valence-electron chi connectivity index (χ0n) is 19.7. The number of aromatic nitrogens is 2. The first-order chi connectivity index (χ1) is 16.5. The van der Waals surface area contributed by atoms with Gasteiger partial charge in [0.05, 0.1) is 17.8 Å². The van der Waals surface area contributed by atoms with E-state index in [-0.39, 0.29) is 24.5 Å². The third-order valence-electron chi connectivity index (χ3n) is 7.10. The molecule has 0 unspecified atom stereocenters. The number of hydrogen-bond donors (Lipinski definition) is 2. The van der Waals surface area contributed by atoms with Crippen LogP contribution in [0.25, 0.3) is 0 Å². The summed E-state index contributed by atoms with van der Waals surface area (Å²) in [5.41, 5.74) is 5.44. The van der Waals surface area contributed by atoms with E-state index in [0.717, 1.165) is 11.4 Å². The van der Waals surface area contributed by atoms with Gasteiger partial charge in [-0.2, -0.15) is 0 Å². The number of nitrogens with zero attached hydrogens (tertiary/aromatic N) is 3. The summed E-state index contributed by atoms with van der Waals surface area (Å²) >= 11 is 5.77. The minimum Gasteiger partial charge on any atom is -0.352 e. The fourth-order valence-corrected chi connectivity index (χ4v) is 5.92. The summed E-state index contributed by atoms with van der Waals surface area (Å²) in [5.74, 6) is -0.0911. The van der Waals surface area contributed by atoms with Crippen LogP contribution >= 0.6 is 12.2 Å². The van der Waals surface area contributed by atoms with Gasteiger partial charge in [0.25, 0.3) is 0 Å². The van der Waals surface area contributed by atoms with Crippen molar-refractivity contribution in [3.8, 4) is 0 Å². The van der Waals surface area contributed by atoms with Crippen molar-refractivity contribution in [1.29, 1.82) is 0 Å². The average molecular weight is 474 g/mol. The summed E-state index contributed by atoms with van der Waals surface area (Å²) in [7, 11) is 0. The lowest BCUT2D eigenvalue weighted by Gasteiger charge is -2.28. The van der Waals surface area contributed by atoms with Gasteiger partial charge >= 0.3 is 0 Å². The summed E-state index contributed by atoms with van der Waals surface area (Å²) in [6, 6.07) is 18.1. The smallest absolute Gasteiger partial charge is 0.244 e. The standard InChI is InChI=1S/C27H31N5OS/c1-18-16-22(19(2)32(18)21-12-6-7-13-21)26-25(23-14-8-9-15-28-23)30-27(34)31(26)17-24(33)29-20-10-4-3-5-11-20/h3-5,8-11,14-16,21,25-26H,6-7,12-13,17H2,1-2H3,(H,29,33)(H,30,34)/t25-,26-/m0/s1. The van der Waals surface area contributed by atoms with Crippen molar-refractivity contribution >= 4 is 28.9 Å². The lowest BCUT2D eigenvalue weighted by molar-refractivity contribution is -0.116. The number of para-hydroxylation sites is 1. The molecule has 0 radical (unpaired) electrons. The molecule has 2 aliphatic rings. The van der Waals surface area contributed by atoms with Gasteiger partial charge in [-0.25, -0.2) is 0 Å². The molecule has 3 heterocycles. The Balaban J connectivity index is 1.50. The molecule has 34 heavy (non-hydrogen) atoms. The van der Waals surface area contributed by atoms with Crippen molar-refractivity contribution in [2.45, 2.75) is 57.7 Å². The molecule has 0 spiro atoms. The Labute approximate surface area is 206 Å². The zero-order chi connectivity index (χ0) is 23.7. The third kappa shape index (κ3) is 4.32. The maximum Gasteiger partial charge on any atom is 0.244 e. The van der Waals surface area contributed by atoms with Crippen molar-refractivity contribution < 1.29 is 4.79 Å². The Morgan fingerprint density at radius 2 is 1.85 bits per heavy atom.